The molecule has 1 aliphatic rings. The molecule has 0 amide bonds. The van der Waals surface area contributed by atoms with E-state index in [0.29, 0.717) is 22.0 Å². The number of nitrogens with zero attached hydrogens (tertiary/aromatic N) is 1. The van der Waals surface area contributed by atoms with Crippen LogP contribution in [0.25, 0.3) is 0 Å². The number of unbranched alkanes of at least 4 members (excludes halogenated alkanes) is 1. The fourth-order valence-electron chi connectivity index (χ4n) is 3.58. The quantitative estimate of drug-likeness (QED) is 0.405. The zero-order chi connectivity index (χ0) is 18.4. The van der Waals surface area contributed by atoms with Gasteiger partial charge in [-0.3, -0.25) is 0 Å². The lowest BCUT2D eigenvalue weighted by Gasteiger charge is -2.26. The van der Waals surface area contributed by atoms with Crippen molar-refractivity contribution in [3.63, 3.8) is 0 Å². The summed E-state index contributed by atoms with van der Waals surface area (Å²) in [5, 5.41) is 0.794. The van der Waals surface area contributed by atoms with Crippen LogP contribution in [0.2, 0.25) is 10.2 Å². The minimum absolute atomic E-state index is 0.332. The molecule has 0 N–H and O–H groups in total. The summed E-state index contributed by atoms with van der Waals surface area (Å²) in [4.78, 5) is 4.05. The SMILES string of the molecule is CCCCc1ccc(C2CCC(C#Cc3cnc(Cl)c(Cl)c3)CC2)cc1. The number of rotatable bonds is 4. The molecular weight excluding hydrogens is 361 g/mol. The van der Waals surface area contributed by atoms with Gasteiger partial charge in [0.05, 0.1) is 5.02 Å². The highest BCUT2D eigenvalue weighted by Gasteiger charge is 2.21. The van der Waals surface area contributed by atoms with E-state index < -0.39 is 0 Å². The molecule has 1 fully saturated rings. The summed E-state index contributed by atoms with van der Waals surface area (Å²) < 4.78 is 0. The maximum Gasteiger partial charge on any atom is 0.147 e. The number of aryl methyl sites for hydroxylation is 1. The molecule has 0 spiro atoms. The van der Waals surface area contributed by atoms with Crippen LogP contribution in [0.15, 0.2) is 36.5 Å². The highest BCUT2D eigenvalue weighted by atomic mass is 35.5. The Morgan fingerprint density at radius 3 is 2.46 bits per heavy atom. The van der Waals surface area contributed by atoms with Gasteiger partial charge in [-0.15, -0.1) is 0 Å². The maximum atomic E-state index is 6.00. The smallest absolute Gasteiger partial charge is 0.147 e. The molecule has 26 heavy (non-hydrogen) atoms. The topological polar surface area (TPSA) is 12.9 Å². The number of halogens is 2. The Hall–Kier alpha value is -1.49. The molecule has 0 unspecified atom stereocenters. The second-order valence-electron chi connectivity index (χ2n) is 7.16. The lowest BCUT2D eigenvalue weighted by atomic mass is 9.79. The first-order chi connectivity index (χ1) is 12.7. The van der Waals surface area contributed by atoms with Crippen molar-refractivity contribution in [3.05, 3.63) is 63.4 Å². The third-order valence-corrected chi connectivity index (χ3v) is 5.90. The first-order valence-corrected chi connectivity index (χ1v) is 10.3. The number of benzene rings is 1. The van der Waals surface area contributed by atoms with E-state index in [9.17, 15) is 0 Å². The predicted octanol–water partition coefficient (Wildman–Crippen LogP) is 7.06. The highest BCUT2D eigenvalue weighted by Crippen LogP contribution is 2.35. The van der Waals surface area contributed by atoms with E-state index in [1.165, 1.54) is 43.2 Å². The summed E-state index contributed by atoms with van der Waals surface area (Å²) in [7, 11) is 0. The average Bonchev–Trinajstić information content (AvgIpc) is 2.68. The molecule has 1 aromatic heterocycles. The van der Waals surface area contributed by atoms with E-state index >= 15 is 0 Å². The van der Waals surface area contributed by atoms with Crippen molar-refractivity contribution in [3.8, 4) is 11.8 Å². The van der Waals surface area contributed by atoms with E-state index in [4.69, 9.17) is 23.2 Å². The minimum atomic E-state index is 0.332. The molecule has 1 saturated carbocycles. The lowest BCUT2D eigenvalue weighted by molar-refractivity contribution is 0.384. The van der Waals surface area contributed by atoms with Gasteiger partial charge in [0.2, 0.25) is 0 Å². The third-order valence-electron chi connectivity index (χ3n) is 5.21. The standard InChI is InChI=1S/C23H25Cl2N/c1-2-3-4-17-7-11-20(12-8-17)21-13-9-18(10-14-21)5-6-19-15-22(24)23(25)26-16-19/h7-8,11-12,15-16,18,21H,2-4,9-10,13-14H2,1H3. The number of hydrogen-bond donors (Lipinski definition) is 0. The molecule has 0 bridgehead atoms. The van der Waals surface area contributed by atoms with Gasteiger partial charge in [0.25, 0.3) is 0 Å². The van der Waals surface area contributed by atoms with E-state index in [1.807, 2.05) is 0 Å². The molecule has 136 valence electrons. The molecule has 0 aliphatic heterocycles. The predicted molar refractivity (Wildman–Crippen MR) is 111 cm³/mol. The molecule has 3 rings (SSSR count). The third kappa shape index (κ3) is 5.26. The van der Waals surface area contributed by atoms with Gasteiger partial charge in [0, 0.05) is 17.7 Å². The van der Waals surface area contributed by atoms with Crippen molar-refractivity contribution in [2.75, 3.05) is 0 Å². The highest BCUT2D eigenvalue weighted by molar-refractivity contribution is 6.41. The normalized spacial score (nSPS) is 19.7. The second-order valence-corrected chi connectivity index (χ2v) is 7.92. The van der Waals surface area contributed by atoms with Crippen LogP contribution in [-0.2, 0) is 6.42 Å². The van der Waals surface area contributed by atoms with E-state index in [0.717, 1.165) is 18.4 Å². The molecule has 1 nitrogen and oxygen atoms in total. The van der Waals surface area contributed by atoms with Crippen molar-refractivity contribution in [1.82, 2.24) is 4.98 Å². The fraction of sp³-hybridized carbons (Fsp3) is 0.435. The van der Waals surface area contributed by atoms with Gasteiger partial charge < -0.3 is 0 Å². The van der Waals surface area contributed by atoms with E-state index in [1.54, 1.807) is 12.3 Å². The summed E-state index contributed by atoms with van der Waals surface area (Å²) in [6.07, 6.45) is 10.2. The zero-order valence-electron chi connectivity index (χ0n) is 15.3. The first-order valence-electron chi connectivity index (χ1n) is 9.57. The number of hydrogen-bond acceptors (Lipinski definition) is 1. The van der Waals surface area contributed by atoms with Crippen molar-refractivity contribution in [2.45, 2.75) is 57.8 Å². The molecule has 0 radical (unpaired) electrons. The maximum absolute atomic E-state index is 6.00. The monoisotopic (exact) mass is 385 g/mol. The van der Waals surface area contributed by atoms with Gasteiger partial charge in [-0.25, -0.2) is 4.98 Å². The van der Waals surface area contributed by atoms with Gasteiger partial charge in [-0.05, 0) is 61.6 Å². The van der Waals surface area contributed by atoms with Crippen LogP contribution in [-0.4, -0.2) is 4.98 Å². The first kappa shape index (κ1) is 19.3. The van der Waals surface area contributed by atoms with Crippen molar-refractivity contribution in [1.29, 1.82) is 0 Å². The van der Waals surface area contributed by atoms with Gasteiger partial charge in [-0.2, -0.15) is 0 Å². The average molecular weight is 386 g/mol. The summed E-state index contributed by atoms with van der Waals surface area (Å²) >= 11 is 11.8. The van der Waals surface area contributed by atoms with Gasteiger partial charge >= 0.3 is 0 Å². The largest absolute Gasteiger partial charge is 0.242 e. The van der Waals surface area contributed by atoms with Crippen LogP contribution < -0.4 is 0 Å². The Balaban J connectivity index is 1.54. The summed E-state index contributed by atoms with van der Waals surface area (Å²) in [5.41, 5.74) is 3.79. The molecular formula is C23H25Cl2N. The van der Waals surface area contributed by atoms with Gasteiger partial charge in [0.1, 0.15) is 5.15 Å². The Morgan fingerprint density at radius 1 is 1.08 bits per heavy atom. The molecule has 1 aromatic carbocycles. The van der Waals surface area contributed by atoms with Crippen LogP contribution in [0.5, 0.6) is 0 Å². The zero-order valence-corrected chi connectivity index (χ0v) is 16.8. The van der Waals surface area contributed by atoms with Crippen molar-refractivity contribution in [2.24, 2.45) is 5.92 Å². The molecule has 3 heteroatoms. The van der Waals surface area contributed by atoms with E-state index in [-0.39, 0.29) is 0 Å². The summed E-state index contributed by atoms with van der Waals surface area (Å²) in [6.45, 7) is 2.24. The molecule has 1 aliphatic carbocycles. The van der Waals surface area contributed by atoms with Crippen LogP contribution in [0.4, 0.5) is 0 Å². The molecule has 1 heterocycles. The Labute approximate surface area is 167 Å². The molecule has 0 saturated heterocycles. The lowest BCUT2D eigenvalue weighted by Crippen LogP contribution is -2.12. The number of pyridine rings is 1. The van der Waals surface area contributed by atoms with Crippen LogP contribution in [0.3, 0.4) is 0 Å². The Bertz CT molecular complexity index is 778. The summed E-state index contributed by atoms with van der Waals surface area (Å²) in [5.74, 6) is 7.75. The summed E-state index contributed by atoms with van der Waals surface area (Å²) in [6, 6.07) is 11.1. The fourth-order valence-corrected chi connectivity index (χ4v) is 3.85. The minimum Gasteiger partial charge on any atom is -0.242 e. The van der Waals surface area contributed by atoms with Gasteiger partial charge in [0.15, 0.2) is 0 Å². The Kier molecular flexibility index (Phi) is 7.00. The van der Waals surface area contributed by atoms with E-state index in [2.05, 4.69) is 48.0 Å². The molecule has 2 aromatic rings. The van der Waals surface area contributed by atoms with Crippen molar-refractivity contribution >= 4 is 23.2 Å². The van der Waals surface area contributed by atoms with Crippen LogP contribution in [0.1, 0.15) is 68.1 Å². The van der Waals surface area contributed by atoms with Crippen molar-refractivity contribution < 1.29 is 0 Å². The Morgan fingerprint density at radius 2 is 1.81 bits per heavy atom. The second kappa shape index (κ2) is 9.45. The van der Waals surface area contributed by atoms with Crippen LogP contribution in [0, 0.1) is 17.8 Å². The number of aromatic nitrogens is 1. The van der Waals surface area contributed by atoms with Gasteiger partial charge in [-0.1, -0.05) is 72.7 Å². The molecule has 0 atom stereocenters. The van der Waals surface area contributed by atoms with Crippen LogP contribution >= 0.6 is 23.2 Å².